The molecule has 2 aromatic rings. The molecule has 0 bridgehead atoms. The second-order valence-corrected chi connectivity index (χ2v) is 4.01. The number of anilines is 2. The highest BCUT2D eigenvalue weighted by Crippen LogP contribution is 2.06. The van der Waals surface area contributed by atoms with Crippen molar-refractivity contribution in [1.82, 2.24) is 19.9 Å². The molecule has 0 aliphatic carbocycles. The second-order valence-electron chi connectivity index (χ2n) is 4.01. The molecule has 128 valence electrons. The first-order valence-electron chi connectivity index (χ1n) is 6.19. The van der Waals surface area contributed by atoms with Gasteiger partial charge in [-0.25, -0.2) is 19.9 Å². The second kappa shape index (κ2) is 13.8. The van der Waals surface area contributed by atoms with Crippen molar-refractivity contribution in [1.29, 1.82) is 5.26 Å². The van der Waals surface area contributed by atoms with E-state index in [1.807, 2.05) is 19.9 Å². The van der Waals surface area contributed by atoms with Crippen LogP contribution in [0.15, 0.2) is 12.4 Å². The minimum absolute atomic E-state index is 0. The highest BCUT2D eigenvalue weighted by molar-refractivity contribution is 15.0. The van der Waals surface area contributed by atoms with Crippen molar-refractivity contribution in [2.45, 2.75) is 27.2 Å². The van der Waals surface area contributed by atoms with E-state index in [0.29, 0.717) is 17.2 Å². The number of nitrogen functional groups attached to an aromatic ring is 2. The fourth-order valence-electron chi connectivity index (χ4n) is 1.36. The monoisotopic (exact) mass is 655 g/mol. The number of nitrogens with zero attached hydrogens (tertiary/aromatic N) is 5. The van der Waals surface area contributed by atoms with Crippen LogP contribution in [0, 0.1) is 25.2 Å². The highest BCUT2D eigenvalue weighted by atomic mass is 128. The van der Waals surface area contributed by atoms with Gasteiger partial charge in [-0.3, -0.25) is 0 Å². The summed E-state index contributed by atoms with van der Waals surface area (Å²) in [5.41, 5.74) is 12.3. The zero-order valence-corrected chi connectivity index (χ0v) is 19.6. The van der Waals surface area contributed by atoms with E-state index in [1.54, 1.807) is 13.1 Å². The average Bonchev–Trinajstić information content (AvgIpc) is 2.50. The Morgan fingerprint density at radius 2 is 1.57 bits per heavy atom. The summed E-state index contributed by atoms with van der Waals surface area (Å²) in [6.07, 6.45) is 4.08. The number of nitriles is 1. The van der Waals surface area contributed by atoms with Crippen LogP contribution in [-0.4, -0.2) is 19.9 Å². The van der Waals surface area contributed by atoms with E-state index in [0.717, 1.165) is 17.8 Å². The van der Waals surface area contributed by atoms with Gasteiger partial charge in [0.15, 0.2) is 0 Å². The van der Waals surface area contributed by atoms with Crippen LogP contribution < -0.4 is 11.5 Å². The molecule has 0 radical (unpaired) electrons. The fourth-order valence-corrected chi connectivity index (χ4v) is 1.36. The van der Waals surface area contributed by atoms with Gasteiger partial charge in [0.25, 0.3) is 0 Å². The number of hydrogen-bond acceptors (Lipinski definition) is 7. The first-order valence-corrected chi connectivity index (χ1v) is 12.5. The topological polar surface area (TPSA) is 127 Å². The van der Waals surface area contributed by atoms with E-state index < -0.39 is 0 Å². The van der Waals surface area contributed by atoms with Crippen LogP contribution in [-0.2, 0) is 6.42 Å². The molecule has 2 rings (SSSR count). The lowest BCUT2D eigenvalue weighted by Gasteiger charge is -1.99. The van der Waals surface area contributed by atoms with Crippen molar-refractivity contribution in [3.8, 4) is 6.07 Å². The molecule has 23 heavy (non-hydrogen) atoms. The number of aryl methyl sites for hydroxylation is 3. The van der Waals surface area contributed by atoms with E-state index in [2.05, 4.69) is 57.2 Å². The van der Waals surface area contributed by atoms with E-state index in [-0.39, 0.29) is 31.2 Å². The van der Waals surface area contributed by atoms with Crippen molar-refractivity contribution in [3.63, 3.8) is 0 Å². The molecule has 0 aliphatic heterocycles. The van der Waals surface area contributed by atoms with Crippen molar-refractivity contribution in [2.24, 2.45) is 0 Å². The maximum absolute atomic E-state index is 8.40. The molecular weight excluding hydrogens is 635 g/mol. The lowest BCUT2D eigenvalue weighted by atomic mass is 10.2. The number of hydrogen-bond donors (Lipinski definition) is 2. The Kier molecular flexibility index (Phi) is 14.9. The van der Waals surface area contributed by atoms with Gasteiger partial charge in [-0.2, -0.15) is 5.26 Å². The van der Waals surface area contributed by atoms with Gasteiger partial charge in [0, 0.05) is 50.4 Å². The van der Waals surface area contributed by atoms with Crippen LogP contribution in [0.5, 0.6) is 0 Å². The molecule has 0 aliphatic rings. The molecule has 0 aromatic carbocycles. The van der Waals surface area contributed by atoms with Gasteiger partial charge in [0.2, 0.25) is 0 Å². The molecule has 4 N–H and O–H groups in total. The van der Waals surface area contributed by atoms with Crippen LogP contribution in [0.3, 0.4) is 0 Å². The Balaban J connectivity index is -0.000000310. The molecule has 0 saturated heterocycles. The summed E-state index contributed by atoms with van der Waals surface area (Å²) in [5.74, 6) is 2.16. The smallest absolute Gasteiger partial charge is 0.145 e. The predicted octanol–water partition coefficient (Wildman–Crippen LogP) is 3.80. The molecule has 10 heteroatoms. The zero-order valence-electron chi connectivity index (χ0n) is 12.9. The lowest BCUT2D eigenvalue weighted by molar-refractivity contribution is 1.000. The Hall–Kier alpha value is -0.560. The predicted molar refractivity (Wildman–Crippen MR) is 122 cm³/mol. The molecule has 0 amide bonds. The van der Waals surface area contributed by atoms with Gasteiger partial charge in [-0.05, 0) is 20.3 Å². The summed E-state index contributed by atoms with van der Waals surface area (Å²) in [7, 11) is 0. The molecule has 0 saturated carbocycles. The molecular formula is C13H20I3N7. The Morgan fingerprint density at radius 1 is 1.09 bits per heavy atom. The zero-order chi connectivity index (χ0) is 17.1. The van der Waals surface area contributed by atoms with Crippen LogP contribution in [0.4, 0.5) is 11.6 Å². The summed E-state index contributed by atoms with van der Waals surface area (Å²) >= 11 is 4.24. The maximum atomic E-state index is 8.40. The largest absolute Gasteiger partial charge is 0.383 e. The Morgan fingerprint density at radius 3 is 1.96 bits per heavy atom. The first kappa shape index (κ1) is 24.7. The summed E-state index contributed by atoms with van der Waals surface area (Å²) in [4.78, 5) is 15.6. The number of rotatable bonds is 1. The minimum atomic E-state index is 0. The number of aromatic nitrogens is 4. The van der Waals surface area contributed by atoms with E-state index >= 15 is 0 Å². The van der Waals surface area contributed by atoms with Gasteiger partial charge in [-0.15, -0.1) is 24.0 Å². The molecule has 0 spiro atoms. The van der Waals surface area contributed by atoms with Gasteiger partial charge in [-0.1, -0.05) is 6.92 Å². The molecule has 0 unspecified atom stereocenters. The van der Waals surface area contributed by atoms with Crippen LogP contribution in [0.2, 0.25) is 0 Å². The number of nitrogens with two attached hydrogens (primary N) is 2. The summed E-state index contributed by atoms with van der Waals surface area (Å²) in [6.45, 7) is 5.58. The third kappa shape index (κ3) is 9.35. The van der Waals surface area contributed by atoms with Gasteiger partial charge >= 0.3 is 0 Å². The van der Waals surface area contributed by atoms with Gasteiger partial charge in [0.1, 0.15) is 34.9 Å². The molecule has 7 nitrogen and oxygen atoms in total. The van der Waals surface area contributed by atoms with Crippen molar-refractivity contribution >= 4 is 72.8 Å². The van der Waals surface area contributed by atoms with Crippen LogP contribution in [0.1, 0.15) is 31.1 Å². The van der Waals surface area contributed by atoms with E-state index in [4.69, 9.17) is 16.7 Å². The van der Waals surface area contributed by atoms with Crippen molar-refractivity contribution in [2.75, 3.05) is 11.5 Å². The summed E-state index contributed by atoms with van der Waals surface area (Å²) < 4.78 is 0. The Bertz CT molecular complexity index is 650. The first-order chi connectivity index (χ1) is 10.5. The highest BCUT2D eigenvalue weighted by Gasteiger charge is 1.98. The number of halogens is 3. The third-order valence-corrected chi connectivity index (χ3v) is 2.46. The van der Waals surface area contributed by atoms with Crippen molar-refractivity contribution in [3.05, 3.63) is 35.2 Å². The molecule has 0 atom stereocenters. The minimum Gasteiger partial charge on any atom is -0.383 e. The quantitative estimate of drug-likeness (QED) is 0.448. The van der Waals surface area contributed by atoms with Crippen LogP contribution >= 0.6 is 61.2 Å². The molecule has 2 heterocycles. The Labute approximate surface area is 177 Å². The standard InChI is InChI=1S/C7H11N3.C6H6N4.I2.HI.H2/c1-3-6-4-9-5(2)10-7(6)8;1-4-9-3-5(2-7)6(8)10-4;1-2;;/h4H,3H2,1-2H3,(H2,8,9,10);3H,1H3,(H2,8,9,10);;2*1H. The fraction of sp³-hybridized carbons (Fsp3) is 0.308. The SMILES string of the molecule is CCc1cnc(C)nc1N.Cc1ncc(C#N)c(N)n1.I.II.[HH]. The van der Waals surface area contributed by atoms with Crippen LogP contribution in [0.25, 0.3) is 0 Å². The van der Waals surface area contributed by atoms with E-state index in [9.17, 15) is 0 Å². The molecule has 2 aromatic heterocycles. The third-order valence-electron chi connectivity index (χ3n) is 2.46. The summed E-state index contributed by atoms with van der Waals surface area (Å²) in [6, 6.07) is 1.87. The van der Waals surface area contributed by atoms with E-state index in [1.165, 1.54) is 6.20 Å². The van der Waals surface area contributed by atoms with Gasteiger partial charge < -0.3 is 11.5 Å². The summed E-state index contributed by atoms with van der Waals surface area (Å²) in [5, 5.41) is 8.40. The lowest BCUT2D eigenvalue weighted by Crippen LogP contribution is -1.99. The van der Waals surface area contributed by atoms with Gasteiger partial charge in [0.05, 0.1) is 6.20 Å². The molecule has 0 fully saturated rings. The average molecular weight is 655 g/mol. The van der Waals surface area contributed by atoms with Crippen molar-refractivity contribution < 1.29 is 1.43 Å². The maximum Gasteiger partial charge on any atom is 0.145 e. The normalized spacial score (nSPS) is 8.35.